The molecule has 0 spiro atoms. The maximum absolute atomic E-state index is 12.2. The minimum atomic E-state index is -0.344. The van der Waals surface area contributed by atoms with Gasteiger partial charge in [0.25, 0.3) is 11.8 Å². The van der Waals surface area contributed by atoms with Crippen LogP contribution in [0, 0.1) is 6.92 Å². The fourth-order valence-electron chi connectivity index (χ4n) is 2.56. The Balaban J connectivity index is 1.61. The highest BCUT2D eigenvalue weighted by Gasteiger charge is 2.08. The first kappa shape index (κ1) is 22.3. The fourth-order valence-corrected chi connectivity index (χ4v) is 2.86. The molecule has 0 aromatic heterocycles. The second kappa shape index (κ2) is 10.6. The highest BCUT2D eigenvalue weighted by molar-refractivity contribution is 6.31. The van der Waals surface area contributed by atoms with Crippen LogP contribution in [-0.4, -0.2) is 24.6 Å². The molecule has 0 bridgehead atoms. The molecule has 0 atom stereocenters. The minimum absolute atomic E-state index is 0.221. The smallest absolute Gasteiger partial charge is 0.271 e. The maximum atomic E-state index is 12.2. The van der Waals surface area contributed by atoms with Crippen molar-refractivity contribution in [3.05, 3.63) is 93.5 Å². The first-order valence-electron chi connectivity index (χ1n) is 9.28. The Morgan fingerprint density at radius 2 is 1.65 bits per heavy atom. The maximum Gasteiger partial charge on any atom is 0.271 e. The van der Waals surface area contributed by atoms with Gasteiger partial charge in [-0.3, -0.25) is 9.59 Å². The van der Waals surface area contributed by atoms with Crippen LogP contribution in [0.25, 0.3) is 0 Å². The van der Waals surface area contributed by atoms with Gasteiger partial charge in [0, 0.05) is 26.9 Å². The van der Waals surface area contributed by atoms with Crippen LogP contribution in [0.1, 0.15) is 21.5 Å². The van der Waals surface area contributed by atoms with Crippen LogP contribution >= 0.6 is 23.2 Å². The zero-order chi connectivity index (χ0) is 22.2. The van der Waals surface area contributed by atoms with Crippen LogP contribution in [0.3, 0.4) is 0 Å². The molecule has 0 heterocycles. The second-order valence-electron chi connectivity index (χ2n) is 6.59. The van der Waals surface area contributed by atoms with E-state index >= 15 is 0 Å². The molecular weight excluding hydrogens is 437 g/mol. The van der Waals surface area contributed by atoms with Crippen molar-refractivity contribution < 1.29 is 14.3 Å². The number of benzene rings is 3. The number of halogens is 2. The molecular formula is C23H19Cl2N3O3. The molecule has 0 aliphatic carbocycles. The number of aryl methyl sites for hydroxylation is 1. The summed E-state index contributed by atoms with van der Waals surface area (Å²) in [6.07, 6.45) is 1.41. The Kier molecular flexibility index (Phi) is 7.65. The third-order valence-electron chi connectivity index (χ3n) is 4.14. The van der Waals surface area contributed by atoms with Gasteiger partial charge in [-0.05, 0) is 61.5 Å². The van der Waals surface area contributed by atoms with Gasteiger partial charge in [0.2, 0.25) is 0 Å². The predicted molar refractivity (Wildman–Crippen MR) is 123 cm³/mol. The number of nitrogens with zero attached hydrogens (tertiary/aromatic N) is 1. The van der Waals surface area contributed by atoms with Crippen LogP contribution < -0.4 is 15.5 Å². The normalized spacial score (nSPS) is 10.7. The van der Waals surface area contributed by atoms with Gasteiger partial charge in [0.1, 0.15) is 5.75 Å². The number of hydrogen-bond acceptors (Lipinski definition) is 4. The van der Waals surface area contributed by atoms with Gasteiger partial charge in [-0.25, -0.2) is 5.43 Å². The van der Waals surface area contributed by atoms with E-state index in [1.165, 1.54) is 6.21 Å². The van der Waals surface area contributed by atoms with Crippen LogP contribution in [0.15, 0.2) is 71.8 Å². The van der Waals surface area contributed by atoms with Gasteiger partial charge in [0.15, 0.2) is 6.61 Å². The van der Waals surface area contributed by atoms with E-state index in [2.05, 4.69) is 15.8 Å². The van der Waals surface area contributed by atoms with Crippen molar-refractivity contribution in [2.24, 2.45) is 5.10 Å². The molecule has 0 saturated heterocycles. The average molecular weight is 456 g/mol. The number of anilines is 1. The van der Waals surface area contributed by atoms with Crippen LogP contribution in [0.5, 0.6) is 5.75 Å². The number of nitrogens with one attached hydrogen (secondary N) is 2. The zero-order valence-corrected chi connectivity index (χ0v) is 18.1. The molecule has 2 amide bonds. The highest BCUT2D eigenvalue weighted by atomic mass is 35.5. The first-order chi connectivity index (χ1) is 14.9. The van der Waals surface area contributed by atoms with Crippen molar-refractivity contribution in [3.8, 4) is 5.75 Å². The van der Waals surface area contributed by atoms with Gasteiger partial charge in [-0.1, -0.05) is 40.9 Å². The summed E-state index contributed by atoms with van der Waals surface area (Å²) in [5.41, 5.74) is 5.12. The molecule has 31 heavy (non-hydrogen) atoms. The standard InChI is InChI=1S/C23H19Cl2N3O3/c1-15-2-4-16(5-3-15)23(30)28-26-13-17-12-19(25)8-11-21(17)31-14-22(29)27-20-9-6-18(24)7-10-20/h2-13H,14H2,1H3,(H,27,29)(H,28,30)/b26-13+. The molecule has 2 N–H and O–H groups in total. The molecule has 0 saturated carbocycles. The van der Waals surface area contributed by atoms with Gasteiger partial charge >= 0.3 is 0 Å². The van der Waals surface area contributed by atoms with Crippen molar-refractivity contribution in [1.82, 2.24) is 5.43 Å². The van der Waals surface area contributed by atoms with Crippen molar-refractivity contribution in [2.75, 3.05) is 11.9 Å². The summed E-state index contributed by atoms with van der Waals surface area (Å²) in [6, 6.07) is 18.7. The van der Waals surface area contributed by atoms with Crippen molar-refractivity contribution in [2.45, 2.75) is 6.92 Å². The Hall–Kier alpha value is -3.35. The molecule has 3 aromatic carbocycles. The summed E-state index contributed by atoms with van der Waals surface area (Å²) in [5, 5.41) is 7.72. The van der Waals surface area contributed by atoms with E-state index < -0.39 is 0 Å². The molecule has 0 radical (unpaired) electrons. The van der Waals surface area contributed by atoms with Gasteiger partial charge in [0.05, 0.1) is 6.21 Å². The Morgan fingerprint density at radius 1 is 0.968 bits per heavy atom. The average Bonchev–Trinajstić information content (AvgIpc) is 2.75. The first-order valence-corrected chi connectivity index (χ1v) is 10.0. The lowest BCUT2D eigenvalue weighted by atomic mass is 10.1. The number of hydrazone groups is 1. The molecule has 0 aliphatic rings. The van der Waals surface area contributed by atoms with Gasteiger partial charge in [-0.2, -0.15) is 5.10 Å². The predicted octanol–water partition coefficient (Wildman–Crippen LogP) is 5.08. The van der Waals surface area contributed by atoms with Crippen molar-refractivity contribution in [3.63, 3.8) is 0 Å². The topological polar surface area (TPSA) is 79.8 Å². The van der Waals surface area contributed by atoms with Crippen LogP contribution in [0.4, 0.5) is 5.69 Å². The molecule has 6 nitrogen and oxygen atoms in total. The zero-order valence-electron chi connectivity index (χ0n) is 16.6. The van der Waals surface area contributed by atoms with E-state index in [0.29, 0.717) is 32.6 Å². The minimum Gasteiger partial charge on any atom is -0.483 e. The third kappa shape index (κ3) is 6.84. The summed E-state index contributed by atoms with van der Waals surface area (Å²) in [6.45, 7) is 1.72. The molecule has 0 fully saturated rings. The molecule has 3 aromatic rings. The number of carbonyl (C=O) groups is 2. The van der Waals surface area contributed by atoms with Crippen LogP contribution in [0.2, 0.25) is 10.0 Å². The summed E-state index contributed by atoms with van der Waals surface area (Å²) < 4.78 is 5.60. The van der Waals surface area contributed by atoms with Gasteiger partial charge in [-0.15, -0.1) is 0 Å². The summed E-state index contributed by atoms with van der Waals surface area (Å²) in [5.74, 6) is -0.292. The summed E-state index contributed by atoms with van der Waals surface area (Å²) in [4.78, 5) is 24.3. The number of rotatable bonds is 7. The number of ether oxygens (including phenoxy) is 1. The Bertz CT molecular complexity index is 1100. The number of carbonyl (C=O) groups excluding carboxylic acids is 2. The lowest BCUT2D eigenvalue weighted by Crippen LogP contribution is -2.20. The van der Waals surface area contributed by atoms with E-state index in [-0.39, 0.29) is 18.4 Å². The van der Waals surface area contributed by atoms with E-state index in [0.717, 1.165) is 5.56 Å². The van der Waals surface area contributed by atoms with E-state index in [9.17, 15) is 9.59 Å². The van der Waals surface area contributed by atoms with E-state index in [1.807, 2.05) is 19.1 Å². The fraction of sp³-hybridized carbons (Fsp3) is 0.0870. The second-order valence-corrected chi connectivity index (χ2v) is 7.46. The largest absolute Gasteiger partial charge is 0.483 e. The highest BCUT2D eigenvalue weighted by Crippen LogP contribution is 2.21. The van der Waals surface area contributed by atoms with Gasteiger partial charge < -0.3 is 10.1 Å². The Morgan fingerprint density at radius 3 is 2.35 bits per heavy atom. The third-order valence-corrected chi connectivity index (χ3v) is 4.63. The molecule has 0 unspecified atom stereocenters. The summed E-state index contributed by atoms with van der Waals surface area (Å²) in [7, 11) is 0. The van der Waals surface area contributed by atoms with Crippen molar-refractivity contribution in [1.29, 1.82) is 0 Å². The van der Waals surface area contributed by atoms with Crippen molar-refractivity contribution >= 4 is 46.9 Å². The molecule has 3 rings (SSSR count). The molecule has 0 aliphatic heterocycles. The van der Waals surface area contributed by atoms with Crippen LogP contribution in [-0.2, 0) is 4.79 Å². The monoisotopic (exact) mass is 455 g/mol. The van der Waals surface area contributed by atoms with E-state index in [1.54, 1.807) is 54.6 Å². The SMILES string of the molecule is Cc1ccc(C(=O)N/N=C/c2cc(Cl)ccc2OCC(=O)Nc2ccc(Cl)cc2)cc1. The molecule has 158 valence electrons. The molecule has 8 heteroatoms. The number of amides is 2. The van der Waals surface area contributed by atoms with E-state index in [4.69, 9.17) is 27.9 Å². The lowest BCUT2D eigenvalue weighted by molar-refractivity contribution is -0.118. The lowest BCUT2D eigenvalue weighted by Gasteiger charge is -2.10. The number of hydrogen-bond donors (Lipinski definition) is 2. The summed E-state index contributed by atoms with van der Waals surface area (Å²) >= 11 is 11.9. The Labute approximate surface area is 189 Å². The quantitative estimate of drug-likeness (QED) is 0.384.